The number of carbonyl (C=O) groups excluding carboxylic acids is 1. The molecule has 0 aliphatic heterocycles. The van der Waals surface area contributed by atoms with Crippen molar-refractivity contribution in [3.05, 3.63) is 132 Å². The van der Waals surface area contributed by atoms with Gasteiger partial charge in [-0.25, -0.2) is 16.8 Å². The van der Waals surface area contributed by atoms with Crippen LogP contribution in [0.2, 0.25) is 0 Å². The number of ether oxygens (including phenoxy) is 2. The molecule has 0 saturated carbocycles. The summed E-state index contributed by atoms with van der Waals surface area (Å²) in [6.07, 6.45) is 0. The van der Waals surface area contributed by atoms with Gasteiger partial charge in [-0.15, -0.1) is 0 Å². The first-order valence-corrected chi connectivity index (χ1v) is 17.4. The molecule has 242 valence electrons. The van der Waals surface area contributed by atoms with E-state index in [0.29, 0.717) is 22.9 Å². The van der Waals surface area contributed by atoms with Crippen LogP contribution < -0.4 is 23.8 Å². The zero-order valence-corrected chi connectivity index (χ0v) is 27.5. The third-order valence-corrected chi connectivity index (χ3v) is 10.2. The SMILES string of the molecule is COc1ccc(C)cc1NS(=O)(=O)c1ccc(NC(=O)CN(c2ccc(Oc3ccccc3)cc2)S(=O)(=O)c2ccc(C)cc2)cc1. The molecule has 10 nitrogen and oxygen atoms in total. The molecule has 5 rings (SSSR count). The molecule has 12 heteroatoms. The van der Waals surface area contributed by atoms with Crippen LogP contribution in [0.1, 0.15) is 11.1 Å². The minimum Gasteiger partial charge on any atom is -0.495 e. The van der Waals surface area contributed by atoms with Gasteiger partial charge in [0, 0.05) is 5.69 Å². The van der Waals surface area contributed by atoms with Crippen LogP contribution in [-0.4, -0.2) is 36.4 Å². The topological polar surface area (TPSA) is 131 Å². The second-order valence-corrected chi connectivity index (χ2v) is 14.2. The van der Waals surface area contributed by atoms with E-state index in [4.69, 9.17) is 9.47 Å². The summed E-state index contributed by atoms with van der Waals surface area (Å²) in [5.41, 5.74) is 2.55. The first-order valence-electron chi connectivity index (χ1n) is 14.4. The second-order valence-electron chi connectivity index (χ2n) is 10.6. The van der Waals surface area contributed by atoms with Gasteiger partial charge in [-0.3, -0.25) is 13.8 Å². The lowest BCUT2D eigenvalue weighted by molar-refractivity contribution is -0.114. The Balaban J connectivity index is 1.35. The summed E-state index contributed by atoms with van der Waals surface area (Å²) < 4.78 is 68.4. The molecule has 0 saturated heterocycles. The molecule has 1 amide bonds. The number of para-hydroxylation sites is 1. The van der Waals surface area contributed by atoms with E-state index in [0.717, 1.165) is 15.4 Å². The Morgan fingerprint density at radius 2 is 1.30 bits per heavy atom. The van der Waals surface area contributed by atoms with Crippen molar-refractivity contribution in [2.75, 3.05) is 28.0 Å². The van der Waals surface area contributed by atoms with E-state index in [9.17, 15) is 21.6 Å². The number of nitrogens with one attached hydrogen (secondary N) is 2. The highest BCUT2D eigenvalue weighted by atomic mass is 32.2. The third-order valence-electron chi connectivity index (χ3n) is 7.05. The lowest BCUT2D eigenvalue weighted by atomic mass is 10.2. The summed E-state index contributed by atoms with van der Waals surface area (Å²) >= 11 is 0. The van der Waals surface area contributed by atoms with Crippen molar-refractivity contribution in [1.82, 2.24) is 0 Å². The van der Waals surface area contributed by atoms with Crippen LogP contribution in [0.5, 0.6) is 17.2 Å². The van der Waals surface area contributed by atoms with E-state index in [2.05, 4.69) is 10.0 Å². The van der Waals surface area contributed by atoms with Gasteiger partial charge < -0.3 is 14.8 Å². The molecular formula is C35H33N3O7S2. The number of sulfonamides is 2. The summed E-state index contributed by atoms with van der Waals surface area (Å²) in [6, 6.07) is 32.5. The molecule has 47 heavy (non-hydrogen) atoms. The molecule has 0 aliphatic rings. The van der Waals surface area contributed by atoms with Crippen molar-refractivity contribution in [2.24, 2.45) is 0 Å². The minimum atomic E-state index is -4.16. The maximum Gasteiger partial charge on any atom is 0.264 e. The standard InChI is InChI=1S/C35H33N3O7S2/c1-25-9-18-32(19-10-25)47(42,43)38(28-14-16-30(17-15-28)45-29-7-5-4-6-8-29)24-35(39)36-27-12-20-31(21-13-27)46(40,41)37-33-23-26(2)11-22-34(33)44-3/h4-23,37H,24H2,1-3H3,(H,36,39). The summed E-state index contributed by atoms with van der Waals surface area (Å²) in [4.78, 5) is 13.3. The van der Waals surface area contributed by atoms with Gasteiger partial charge in [0.2, 0.25) is 5.91 Å². The van der Waals surface area contributed by atoms with Crippen LogP contribution in [-0.2, 0) is 24.8 Å². The number of rotatable bonds is 12. The van der Waals surface area contributed by atoms with Crippen molar-refractivity contribution < 1.29 is 31.1 Å². The van der Waals surface area contributed by atoms with Gasteiger partial charge in [0.25, 0.3) is 20.0 Å². The zero-order valence-electron chi connectivity index (χ0n) is 25.9. The van der Waals surface area contributed by atoms with Crippen LogP contribution in [0.3, 0.4) is 0 Å². The molecule has 0 aromatic heterocycles. The lowest BCUT2D eigenvalue weighted by Gasteiger charge is -2.24. The van der Waals surface area contributed by atoms with E-state index in [1.54, 1.807) is 66.7 Å². The van der Waals surface area contributed by atoms with Crippen LogP contribution in [0.15, 0.2) is 131 Å². The Hall–Kier alpha value is -5.33. The Morgan fingerprint density at radius 1 is 0.702 bits per heavy atom. The van der Waals surface area contributed by atoms with E-state index in [-0.39, 0.29) is 21.2 Å². The van der Waals surface area contributed by atoms with Gasteiger partial charge in [0.05, 0.1) is 28.3 Å². The Bertz CT molecular complexity index is 2070. The van der Waals surface area contributed by atoms with E-state index in [1.165, 1.54) is 43.5 Å². The van der Waals surface area contributed by atoms with Gasteiger partial charge in [-0.05, 0) is 104 Å². The third kappa shape index (κ3) is 8.10. The predicted octanol–water partition coefficient (Wildman–Crippen LogP) is 6.74. The number of benzene rings is 5. The van der Waals surface area contributed by atoms with Crippen LogP contribution in [0.25, 0.3) is 0 Å². The van der Waals surface area contributed by atoms with Crippen molar-refractivity contribution in [1.29, 1.82) is 0 Å². The van der Waals surface area contributed by atoms with Gasteiger partial charge in [0.15, 0.2) is 0 Å². The molecule has 0 atom stereocenters. The molecule has 0 unspecified atom stereocenters. The van der Waals surface area contributed by atoms with Crippen LogP contribution in [0.4, 0.5) is 17.1 Å². The maximum atomic E-state index is 13.8. The average Bonchev–Trinajstić information content (AvgIpc) is 3.05. The normalized spacial score (nSPS) is 11.4. The second kappa shape index (κ2) is 14.0. The minimum absolute atomic E-state index is 0.0211. The first kappa shape index (κ1) is 33.0. The number of anilines is 3. The fraction of sp³-hybridized carbons (Fsp3) is 0.114. The average molecular weight is 672 g/mol. The summed E-state index contributed by atoms with van der Waals surface area (Å²) in [5.74, 6) is 0.839. The van der Waals surface area contributed by atoms with Crippen LogP contribution >= 0.6 is 0 Å². The van der Waals surface area contributed by atoms with E-state index >= 15 is 0 Å². The number of hydrogen-bond acceptors (Lipinski definition) is 7. The zero-order chi connectivity index (χ0) is 33.6. The highest BCUT2D eigenvalue weighted by Crippen LogP contribution is 2.30. The lowest BCUT2D eigenvalue weighted by Crippen LogP contribution is -2.38. The van der Waals surface area contributed by atoms with E-state index in [1.807, 2.05) is 32.0 Å². The molecule has 2 N–H and O–H groups in total. The fourth-order valence-corrected chi connectivity index (χ4v) is 7.09. The number of amides is 1. The number of aryl methyl sites for hydroxylation is 2. The van der Waals surface area contributed by atoms with Crippen molar-refractivity contribution in [2.45, 2.75) is 23.6 Å². The number of methoxy groups -OCH3 is 1. The molecule has 0 heterocycles. The molecule has 0 radical (unpaired) electrons. The van der Waals surface area contributed by atoms with Crippen molar-refractivity contribution in [3.8, 4) is 17.2 Å². The van der Waals surface area contributed by atoms with Crippen LogP contribution in [0, 0.1) is 13.8 Å². The van der Waals surface area contributed by atoms with Crippen molar-refractivity contribution >= 4 is 43.0 Å². The highest BCUT2D eigenvalue weighted by molar-refractivity contribution is 7.93. The van der Waals surface area contributed by atoms with Crippen molar-refractivity contribution in [3.63, 3.8) is 0 Å². The molecule has 5 aromatic carbocycles. The number of hydrogen-bond donors (Lipinski definition) is 2. The molecule has 0 fully saturated rings. The molecule has 0 aliphatic carbocycles. The molecule has 0 bridgehead atoms. The maximum absolute atomic E-state index is 13.8. The molecular weight excluding hydrogens is 639 g/mol. The monoisotopic (exact) mass is 671 g/mol. The molecule has 0 spiro atoms. The Kier molecular flexibility index (Phi) is 9.83. The van der Waals surface area contributed by atoms with Gasteiger partial charge in [-0.1, -0.05) is 42.0 Å². The van der Waals surface area contributed by atoms with Gasteiger partial charge in [-0.2, -0.15) is 0 Å². The number of carbonyl (C=O) groups is 1. The Morgan fingerprint density at radius 3 is 1.94 bits per heavy atom. The van der Waals surface area contributed by atoms with Gasteiger partial charge in [0.1, 0.15) is 23.8 Å². The van der Waals surface area contributed by atoms with E-state index < -0.39 is 32.5 Å². The quantitative estimate of drug-likeness (QED) is 0.150. The summed E-state index contributed by atoms with van der Waals surface area (Å²) in [5, 5.41) is 2.67. The number of nitrogens with zero attached hydrogens (tertiary/aromatic N) is 1. The predicted molar refractivity (Wildman–Crippen MR) is 182 cm³/mol. The van der Waals surface area contributed by atoms with Gasteiger partial charge >= 0.3 is 0 Å². The highest BCUT2D eigenvalue weighted by Gasteiger charge is 2.27. The fourth-order valence-electron chi connectivity index (χ4n) is 4.61. The largest absolute Gasteiger partial charge is 0.495 e. The molecule has 5 aromatic rings. The summed E-state index contributed by atoms with van der Waals surface area (Å²) in [7, 11) is -6.69. The Labute approximate surface area is 274 Å². The first-order chi connectivity index (χ1) is 22.4. The summed E-state index contributed by atoms with van der Waals surface area (Å²) in [6.45, 7) is 3.13. The smallest absolute Gasteiger partial charge is 0.264 e.